The average Bonchev–Trinajstić information content (AvgIpc) is 3.42. The number of allylic oxidation sites excluding steroid dienone is 3. The minimum Gasteiger partial charge on any atom is -0.462 e. The quantitative estimate of drug-likeness (QED) is 0.196. The second-order valence-electron chi connectivity index (χ2n) is 20.7. The number of hydrogen-bond donors (Lipinski definition) is 1. The van der Waals surface area contributed by atoms with E-state index in [0.717, 1.165) is 51.4 Å². The van der Waals surface area contributed by atoms with E-state index in [1.165, 1.54) is 12.0 Å². The molecule has 6 rings (SSSR count). The van der Waals surface area contributed by atoms with Crippen molar-refractivity contribution in [2.24, 2.45) is 51.2 Å². The fourth-order valence-corrected chi connectivity index (χ4v) is 13.5. The van der Waals surface area contributed by atoms with Crippen molar-refractivity contribution in [1.82, 2.24) is 5.32 Å². The van der Waals surface area contributed by atoms with Crippen LogP contribution in [0.4, 0.5) is 0 Å². The van der Waals surface area contributed by atoms with Gasteiger partial charge in [-0.2, -0.15) is 0 Å². The van der Waals surface area contributed by atoms with Crippen molar-refractivity contribution >= 4 is 17.8 Å². The van der Waals surface area contributed by atoms with Crippen molar-refractivity contribution in [2.45, 2.75) is 183 Å². The third-order valence-corrected chi connectivity index (χ3v) is 15.3. The Morgan fingerprint density at radius 1 is 0.906 bits per heavy atom. The predicted octanol–water partition coefficient (Wildman–Crippen LogP) is 9.25. The Labute approximate surface area is 320 Å². The normalized spacial score (nSPS) is 41.4. The molecule has 1 amide bonds. The third-order valence-electron chi connectivity index (χ3n) is 15.3. The van der Waals surface area contributed by atoms with Gasteiger partial charge in [-0.05, 0) is 146 Å². The van der Waals surface area contributed by atoms with Crippen LogP contribution in [0, 0.1) is 51.2 Å². The number of carbonyl (C=O) groups excluding carboxylic acids is 3. The lowest BCUT2D eigenvalue weighted by molar-refractivity contribution is -0.300. The first kappa shape index (κ1) is 40.5. The van der Waals surface area contributed by atoms with E-state index >= 15 is 0 Å². The zero-order chi connectivity index (χ0) is 38.9. The van der Waals surface area contributed by atoms with Crippen LogP contribution < -0.4 is 5.32 Å². The third kappa shape index (κ3) is 7.43. The van der Waals surface area contributed by atoms with E-state index in [2.05, 4.69) is 52.6 Å². The van der Waals surface area contributed by atoms with E-state index in [9.17, 15) is 14.4 Å². The zero-order valence-corrected chi connectivity index (χ0v) is 35.0. The van der Waals surface area contributed by atoms with E-state index in [4.69, 9.17) is 18.9 Å². The van der Waals surface area contributed by atoms with Gasteiger partial charge in [-0.1, -0.05) is 51.5 Å². The molecule has 5 aliphatic carbocycles. The molecular formula is C45H71NO7. The van der Waals surface area contributed by atoms with Gasteiger partial charge in [0.1, 0.15) is 11.7 Å². The molecule has 53 heavy (non-hydrogen) atoms. The predicted molar refractivity (Wildman–Crippen MR) is 206 cm³/mol. The maximum atomic E-state index is 14.6. The van der Waals surface area contributed by atoms with E-state index in [0.29, 0.717) is 43.1 Å². The number of esters is 2. The van der Waals surface area contributed by atoms with E-state index < -0.39 is 16.8 Å². The average molecular weight is 738 g/mol. The molecule has 0 aromatic heterocycles. The van der Waals surface area contributed by atoms with Gasteiger partial charge in [0, 0.05) is 25.3 Å². The maximum Gasteiger partial charge on any atom is 0.308 e. The van der Waals surface area contributed by atoms with E-state index in [-0.39, 0.29) is 64.7 Å². The van der Waals surface area contributed by atoms with Gasteiger partial charge in [-0.25, -0.2) is 0 Å². The first-order valence-corrected chi connectivity index (χ1v) is 20.9. The summed E-state index contributed by atoms with van der Waals surface area (Å²) in [5, 5.41) is 3.42. The fourth-order valence-electron chi connectivity index (χ4n) is 13.5. The lowest BCUT2D eigenvalue weighted by atomic mass is 9.38. The summed E-state index contributed by atoms with van der Waals surface area (Å²) in [5.74, 6) is 0.995. The van der Waals surface area contributed by atoms with Crippen LogP contribution in [0.5, 0.6) is 0 Å². The molecule has 5 fully saturated rings. The Morgan fingerprint density at radius 3 is 2.26 bits per heavy atom. The number of amides is 1. The van der Waals surface area contributed by atoms with Gasteiger partial charge in [0.2, 0.25) is 5.91 Å². The Morgan fingerprint density at radius 2 is 1.60 bits per heavy atom. The molecule has 8 nitrogen and oxygen atoms in total. The van der Waals surface area contributed by atoms with Crippen LogP contribution in [0.15, 0.2) is 23.8 Å². The fraction of sp³-hybridized carbons (Fsp3) is 0.844. The summed E-state index contributed by atoms with van der Waals surface area (Å²) >= 11 is 0. The summed E-state index contributed by atoms with van der Waals surface area (Å²) in [6, 6.07) is 0. The van der Waals surface area contributed by atoms with Gasteiger partial charge in [-0.15, -0.1) is 0 Å². The highest BCUT2D eigenvalue weighted by Gasteiger charge is 2.66. The molecule has 1 aliphatic heterocycles. The molecular weight excluding hydrogens is 666 g/mol. The van der Waals surface area contributed by atoms with Gasteiger partial charge in [-0.3, -0.25) is 14.4 Å². The summed E-state index contributed by atoms with van der Waals surface area (Å²) in [6.45, 7) is 28.0. The van der Waals surface area contributed by atoms with Crippen LogP contribution in [0.3, 0.4) is 0 Å². The van der Waals surface area contributed by atoms with Crippen LogP contribution >= 0.6 is 0 Å². The molecule has 298 valence electrons. The number of fused-ring (bicyclic) bond motifs is 7. The molecule has 4 saturated carbocycles. The SMILES string of the molecule is C=C(C)[C@@H]1CC[C@]2(C(=O)NCCC3CC(CC(=O)OC(C)(C)C)OC(C)(C)O3)CC=C3[C@H](CC[C@@H]4[C@@]5(C)CCC(OC(C)=O)C(C)(C)[C@@H]5CC[C@@]34C)[C@@H]12. The molecule has 8 heteroatoms. The minimum atomic E-state index is -0.823. The maximum absolute atomic E-state index is 14.6. The van der Waals surface area contributed by atoms with Crippen molar-refractivity contribution in [3.8, 4) is 0 Å². The van der Waals surface area contributed by atoms with E-state index in [1.54, 1.807) is 12.5 Å². The molecule has 0 aromatic carbocycles. The van der Waals surface area contributed by atoms with Gasteiger partial charge in [0.05, 0.1) is 24.0 Å². The van der Waals surface area contributed by atoms with Crippen LogP contribution in [0.1, 0.15) is 153 Å². The Balaban J connectivity index is 1.17. The molecule has 6 aliphatic rings. The van der Waals surface area contributed by atoms with Crippen LogP contribution in [-0.2, 0) is 33.3 Å². The Hall–Kier alpha value is -2.19. The van der Waals surface area contributed by atoms with E-state index in [1.807, 2.05) is 34.6 Å². The molecule has 0 bridgehead atoms. The van der Waals surface area contributed by atoms with Gasteiger partial charge >= 0.3 is 11.9 Å². The van der Waals surface area contributed by atoms with Crippen molar-refractivity contribution in [3.05, 3.63) is 23.8 Å². The smallest absolute Gasteiger partial charge is 0.308 e. The number of rotatable bonds is 8. The standard InChI is InChI=1S/C45H71NO7/c1-27(2)31-15-22-45(39(49)46-24-19-29-25-30(52-42(9,10)51-29)26-37(48)53-40(4,5)6)23-16-33-32(38(31)45)13-14-35-43(33,11)20-17-34-41(7,8)36(50-28(3)47)18-21-44(34,35)12/h16,29-32,34-36,38H,1,13-15,17-26H2,2-12H3,(H,46,49)/t29?,30?,31-,32-,34-,35-,36?,38+,43-,44-,45-/m0/s1. The molecule has 0 aromatic rings. The highest BCUT2D eigenvalue weighted by Crippen LogP contribution is 2.72. The lowest BCUT2D eigenvalue weighted by Crippen LogP contribution is -2.62. The topological polar surface area (TPSA) is 100 Å². The zero-order valence-electron chi connectivity index (χ0n) is 35.0. The Bertz CT molecular complexity index is 1490. The second-order valence-corrected chi connectivity index (χ2v) is 20.7. The van der Waals surface area contributed by atoms with Crippen LogP contribution in [0.25, 0.3) is 0 Å². The highest BCUT2D eigenvalue weighted by molar-refractivity contribution is 5.84. The second kappa shape index (κ2) is 14.1. The summed E-state index contributed by atoms with van der Waals surface area (Å²) in [5.41, 5.74) is 2.09. The van der Waals surface area contributed by atoms with Crippen LogP contribution in [0.2, 0.25) is 0 Å². The summed E-state index contributed by atoms with van der Waals surface area (Å²) in [4.78, 5) is 39.3. The first-order chi connectivity index (χ1) is 24.5. The number of ether oxygens (including phenoxy) is 4. The van der Waals surface area contributed by atoms with Crippen LogP contribution in [-0.4, -0.2) is 54.1 Å². The molecule has 0 spiro atoms. The van der Waals surface area contributed by atoms with Crippen molar-refractivity contribution in [3.63, 3.8) is 0 Å². The van der Waals surface area contributed by atoms with Crippen molar-refractivity contribution in [2.75, 3.05) is 6.54 Å². The monoisotopic (exact) mass is 738 g/mol. The van der Waals surface area contributed by atoms with Gasteiger partial charge in [0.15, 0.2) is 5.79 Å². The Kier molecular flexibility index (Phi) is 10.8. The summed E-state index contributed by atoms with van der Waals surface area (Å²) in [6.07, 6.45) is 12.8. The van der Waals surface area contributed by atoms with Gasteiger partial charge in [0.25, 0.3) is 0 Å². The molecule has 1 saturated heterocycles. The van der Waals surface area contributed by atoms with Crippen molar-refractivity contribution in [1.29, 1.82) is 0 Å². The number of nitrogens with one attached hydrogen (secondary N) is 1. The molecule has 1 N–H and O–H groups in total. The summed E-state index contributed by atoms with van der Waals surface area (Å²) in [7, 11) is 0. The molecule has 11 atom stereocenters. The van der Waals surface area contributed by atoms with Crippen molar-refractivity contribution < 1.29 is 33.3 Å². The number of hydrogen-bond acceptors (Lipinski definition) is 7. The minimum absolute atomic E-state index is 0.0234. The van der Waals surface area contributed by atoms with Gasteiger partial charge < -0.3 is 24.3 Å². The molecule has 1 heterocycles. The molecule has 0 radical (unpaired) electrons. The summed E-state index contributed by atoms with van der Waals surface area (Å²) < 4.78 is 23.9. The highest BCUT2D eigenvalue weighted by atomic mass is 16.7. The first-order valence-electron chi connectivity index (χ1n) is 20.9. The molecule has 3 unspecified atom stereocenters. The largest absolute Gasteiger partial charge is 0.462 e. The number of carbonyl (C=O) groups is 3. The lowest BCUT2D eigenvalue weighted by Gasteiger charge is -2.67.